The first-order chi connectivity index (χ1) is 6.93. The topological polar surface area (TPSA) is 17.1 Å². The summed E-state index contributed by atoms with van der Waals surface area (Å²) in [6, 6.07) is 0. The van der Waals surface area contributed by atoms with Crippen LogP contribution in [-0.2, 0) is 4.79 Å². The maximum atomic E-state index is 10.1. The Morgan fingerprint density at radius 3 is 2.14 bits per heavy atom. The number of hydrogen-bond acceptors (Lipinski definition) is 1. The molecule has 0 aromatic rings. The fourth-order valence-corrected chi connectivity index (χ4v) is 3.37. The van der Waals surface area contributed by atoms with Crippen molar-refractivity contribution in [2.24, 2.45) is 0 Å². The number of allylic oxidation sites excluding steroid dienone is 7. The van der Waals surface area contributed by atoms with E-state index in [0.29, 0.717) is 0 Å². The maximum absolute atomic E-state index is 10.1. The molecule has 68 valence electrons. The SMILES string of the molecule is C1=C[CH]=[Ge][CH]=C1.O=C[C]1=CC=C[CH]=[Ge]1. The van der Waals surface area contributed by atoms with Crippen LogP contribution in [0.25, 0.3) is 0 Å². The van der Waals surface area contributed by atoms with Crippen LogP contribution in [0.3, 0.4) is 0 Å². The molecule has 0 spiro atoms. The minimum absolute atomic E-state index is 0.188. The summed E-state index contributed by atoms with van der Waals surface area (Å²) in [6.45, 7) is 0. The van der Waals surface area contributed by atoms with E-state index in [1.807, 2.05) is 18.2 Å². The third kappa shape index (κ3) is 5.24. The van der Waals surface area contributed by atoms with Gasteiger partial charge in [0.25, 0.3) is 0 Å². The Kier molecular flexibility index (Phi) is 6.44. The van der Waals surface area contributed by atoms with Crippen LogP contribution < -0.4 is 0 Å². The molecule has 2 aliphatic heterocycles. The molecule has 3 heteroatoms. The molecule has 0 saturated carbocycles. The summed E-state index contributed by atoms with van der Waals surface area (Å²) in [5.41, 5.74) is 0. The minimum atomic E-state index is -0.188. The van der Waals surface area contributed by atoms with Crippen molar-refractivity contribution in [2.45, 2.75) is 0 Å². The molecule has 1 nitrogen and oxygen atoms in total. The van der Waals surface area contributed by atoms with Crippen LogP contribution >= 0.6 is 0 Å². The van der Waals surface area contributed by atoms with Crippen molar-refractivity contribution in [1.82, 2.24) is 0 Å². The van der Waals surface area contributed by atoms with Crippen LogP contribution in [0, 0.1) is 0 Å². The molecule has 0 amide bonds. The average Bonchev–Trinajstić information content (AvgIpc) is 2.33. The first-order valence-electron chi connectivity index (χ1n) is 4.26. The second kappa shape index (κ2) is 7.82. The monoisotopic (exact) mass is 306 g/mol. The molecule has 0 aromatic heterocycles. The van der Waals surface area contributed by atoms with E-state index in [9.17, 15) is 4.79 Å². The van der Waals surface area contributed by atoms with E-state index in [-0.39, 0.29) is 30.0 Å². The van der Waals surface area contributed by atoms with Crippen LogP contribution in [0.4, 0.5) is 0 Å². The van der Waals surface area contributed by atoms with Gasteiger partial charge in [0.15, 0.2) is 0 Å². The van der Waals surface area contributed by atoms with Crippen molar-refractivity contribution in [1.29, 1.82) is 0 Å². The van der Waals surface area contributed by atoms with Crippen LogP contribution in [0.5, 0.6) is 0 Å². The summed E-state index contributed by atoms with van der Waals surface area (Å²) >= 11 is 0.0278. The van der Waals surface area contributed by atoms with Gasteiger partial charge in [0, 0.05) is 0 Å². The Labute approximate surface area is 96.3 Å². The van der Waals surface area contributed by atoms with Crippen molar-refractivity contribution in [2.75, 3.05) is 0 Å². The molecule has 0 aromatic carbocycles. The average molecular weight is 303 g/mol. The van der Waals surface area contributed by atoms with Gasteiger partial charge in [-0.3, -0.25) is 0 Å². The van der Waals surface area contributed by atoms with E-state index in [0.717, 1.165) is 10.7 Å². The summed E-state index contributed by atoms with van der Waals surface area (Å²) < 4.78 is 0.979. The molecule has 2 aliphatic rings. The van der Waals surface area contributed by atoms with Crippen molar-refractivity contribution < 1.29 is 4.79 Å². The Morgan fingerprint density at radius 2 is 1.86 bits per heavy atom. The molecule has 0 atom stereocenters. The molecule has 0 saturated heterocycles. The van der Waals surface area contributed by atoms with E-state index in [1.54, 1.807) is 0 Å². The van der Waals surface area contributed by atoms with Crippen molar-refractivity contribution in [3.05, 3.63) is 45.8 Å². The number of hydrogen-bond donors (Lipinski definition) is 0. The van der Waals surface area contributed by atoms with Gasteiger partial charge in [-0.2, -0.15) is 0 Å². The quantitative estimate of drug-likeness (QED) is 0.515. The van der Waals surface area contributed by atoms with Crippen LogP contribution in [0.1, 0.15) is 0 Å². The van der Waals surface area contributed by atoms with Gasteiger partial charge in [-0.05, 0) is 0 Å². The van der Waals surface area contributed by atoms with Crippen LogP contribution in [0.2, 0.25) is 0 Å². The van der Waals surface area contributed by atoms with Crippen molar-refractivity contribution >= 4 is 46.0 Å². The predicted molar refractivity (Wildman–Crippen MR) is 65.2 cm³/mol. The van der Waals surface area contributed by atoms with Crippen LogP contribution in [0.15, 0.2) is 45.8 Å². The number of carbonyl (C=O) groups is 1. The number of aldehydes is 1. The van der Waals surface area contributed by atoms with E-state index in [1.165, 1.54) is 0 Å². The van der Waals surface area contributed by atoms with E-state index >= 15 is 0 Å². The first-order valence-corrected chi connectivity index (χ1v) is 8.95. The van der Waals surface area contributed by atoms with Gasteiger partial charge in [0.05, 0.1) is 0 Å². The van der Waals surface area contributed by atoms with Gasteiger partial charge < -0.3 is 0 Å². The molecule has 2 heterocycles. The second-order valence-electron chi connectivity index (χ2n) is 2.51. The third-order valence-corrected chi connectivity index (χ3v) is 5.13. The Hall–Kier alpha value is -0.544. The normalized spacial score (nSPS) is 15.9. The van der Waals surface area contributed by atoms with Gasteiger partial charge in [-0.25, -0.2) is 0 Å². The summed E-state index contributed by atoms with van der Waals surface area (Å²) in [6.07, 6.45) is 13.0. The summed E-state index contributed by atoms with van der Waals surface area (Å²) in [5.74, 6) is 0. The Morgan fingerprint density at radius 1 is 1.00 bits per heavy atom. The van der Waals surface area contributed by atoms with Gasteiger partial charge in [0.1, 0.15) is 0 Å². The number of carbonyl (C=O) groups excluding carboxylic acids is 1. The second-order valence-corrected chi connectivity index (χ2v) is 7.13. The van der Waals surface area contributed by atoms with Gasteiger partial charge in [-0.1, -0.05) is 0 Å². The van der Waals surface area contributed by atoms with E-state index in [2.05, 4.69) is 32.8 Å². The molecule has 2 rings (SSSR count). The summed E-state index contributed by atoms with van der Waals surface area (Å²) in [7, 11) is 0. The summed E-state index contributed by atoms with van der Waals surface area (Å²) in [5, 5.41) is 0. The molecule has 0 N–H and O–H groups in total. The molecule has 0 unspecified atom stereocenters. The number of rotatable bonds is 1. The zero-order chi connectivity index (χ0) is 10.1. The first kappa shape index (κ1) is 11.5. The molecule has 0 fully saturated rings. The van der Waals surface area contributed by atoms with Gasteiger partial charge in [-0.15, -0.1) is 0 Å². The van der Waals surface area contributed by atoms with Crippen molar-refractivity contribution in [3.63, 3.8) is 0 Å². The molecular formula is C11H10Ge2O. The van der Waals surface area contributed by atoms with Gasteiger partial charge >= 0.3 is 96.5 Å². The van der Waals surface area contributed by atoms with Crippen LogP contribution in [-0.4, -0.2) is 46.0 Å². The standard InChI is InChI=1S/C6H5GeO.C5H5Ge/c8-5-6-3-1-2-4-7-6;1-2-4-6-5-3-1/h1-5H;1-5H. The molecule has 14 heavy (non-hydrogen) atoms. The fourth-order valence-electron chi connectivity index (χ4n) is 0.822. The predicted octanol–water partition coefficient (Wildman–Crippen LogP) is 0.722. The molecule has 0 bridgehead atoms. The van der Waals surface area contributed by atoms with E-state index in [4.69, 9.17) is 0 Å². The zero-order valence-corrected chi connectivity index (χ0v) is 11.9. The fraction of sp³-hybridized carbons (Fsp3) is 0. The third-order valence-electron chi connectivity index (χ3n) is 1.47. The zero-order valence-electron chi connectivity index (χ0n) is 7.68. The van der Waals surface area contributed by atoms with Crippen molar-refractivity contribution in [3.8, 4) is 0 Å². The molecule has 0 aliphatic carbocycles. The van der Waals surface area contributed by atoms with Gasteiger partial charge in [0.2, 0.25) is 0 Å². The molecule has 2 radical (unpaired) electrons. The van der Waals surface area contributed by atoms with E-state index < -0.39 is 0 Å². The Bertz CT molecular complexity index is 322. The molecular weight excluding hydrogens is 293 g/mol. The Balaban J connectivity index is 0.000000146. The summed E-state index contributed by atoms with van der Waals surface area (Å²) in [4.78, 5) is 16.7.